The van der Waals surface area contributed by atoms with Gasteiger partial charge in [0, 0.05) is 5.56 Å². The van der Waals surface area contributed by atoms with Gasteiger partial charge in [0.15, 0.2) is 11.5 Å². The number of aliphatic hydroxyl groups excluding tert-OH is 1. The molecule has 0 aromatic heterocycles. The molecule has 1 aromatic rings. The summed E-state index contributed by atoms with van der Waals surface area (Å²) in [6, 6.07) is 4.88. The second-order valence-electron chi connectivity index (χ2n) is 4.51. The van der Waals surface area contributed by atoms with E-state index in [-0.39, 0.29) is 13.2 Å². The van der Waals surface area contributed by atoms with E-state index in [9.17, 15) is 9.90 Å². The van der Waals surface area contributed by atoms with Crippen molar-refractivity contribution in [2.75, 3.05) is 27.3 Å². The fourth-order valence-corrected chi connectivity index (χ4v) is 2.25. The molecule has 0 bridgehead atoms. The van der Waals surface area contributed by atoms with Crippen LogP contribution in [-0.2, 0) is 4.79 Å². The SMILES string of the molecule is COc1cccc2c1OCC(N(C)CC(=O)O)C2O. The minimum atomic E-state index is -0.939. The Kier molecular flexibility index (Phi) is 3.92. The first-order valence-electron chi connectivity index (χ1n) is 5.94. The van der Waals surface area contributed by atoms with Crippen molar-refractivity contribution in [2.24, 2.45) is 0 Å². The molecule has 0 saturated carbocycles. The molecule has 0 radical (unpaired) electrons. The molecule has 1 aliphatic heterocycles. The van der Waals surface area contributed by atoms with Gasteiger partial charge in [-0.05, 0) is 13.1 Å². The van der Waals surface area contributed by atoms with Gasteiger partial charge in [-0.1, -0.05) is 12.1 Å². The topological polar surface area (TPSA) is 79.2 Å². The number of likely N-dealkylation sites (N-methyl/N-ethyl adjacent to an activating group) is 1. The molecule has 104 valence electrons. The van der Waals surface area contributed by atoms with Gasteiger partial charge in [0.1, 0.15) is 12.7 Å². The maximum atomic E-state index is 10.7. The number of benzene rings is 1. The van der Waals surface area contributed by atoms with Crippen molar-refractivity contribution in [3.05, 3.63) is 23.8 Å². The number of fused-ring (bicyclic) bond motifs is 1. The molecule has 1 aromatic carbocycles. The number of methoxy groups -OCH3 is 1. The standard InChI is InChI=1S/C13H17NO5/c1-14(6-11(15)16)9-7-19-13-8(12(9)17)4-3-5-10(13)18-2/h3-5,9,12,17H,6-7H2,1-2H3,(H,15,16). The summed E-state index contributed by atoms with van der Waals surface area (Å²) >= 11 is 0. The van der Waals surface area contributed by atoms with E-state index in [2.05, 4.69) is 0 Å². The summed E-state index contributed by atoms with van der Waals surface area (Å²) in [4.78, 5) is 12.3. The number of hydrogen-bond acceptors (Lipinski definition) is 5. The zero-order valence-electron chi connectivity index (χ0n) is 10.9. The Bertz CT molecular complexity index is 476. The second-order valence-corrected chi connectivity index (χ2v) is 4.51. The smallest absolute Gasteiger partial charge is 0.317 e. The molecule has 0 aliphatic carbocycles. The normalized spacial score (nSPS) is 21.7. The quantitative estimate of drug-likeness (QED) is 0.827. The molecule has 0 spiro atoms. The van der Waals surface area contributed by atoms with Crippen molar-refractivity contribution in [2.45, 2.75) is 12.1 Å². The van der Waals surface area contributed by atoms with Crippen LogP contribution in [0.15, 0.2) is 18.2 Å². The van der Waals surface area contributed by atoms with Crippen molar-refractivity contribution in [1.29, 1.82) is 0 Å². The third kappa shape index (κ3) is 2.64. The molecular formula is C13H17NO5. The Hall–Kier alpha value is -1.79. The summed E-state index contributed by atoms with van der Waals surface area (Å²) in [5.74, 6) is 0.152. The first kappa shape index (κ1) is 13.6. The van der Waals surface area contributed by atoms with E-state index in [1.807, 2.05) is 0 Å². The summed E-state index contributed by atoms with van der Waals surface area (Å²) in [6.45, 7) is 0.0721. The lowest BCUT2D eigenvalue weighted by Gasteiger charge is -2.35. The van der Waals surface area contributed by atoms with E-state index in [4.69, 9.17) is 14.6 Å². The van der Waals surface area contributed by atoms with Gasteiger partial charge in [-0.25, -0.2) is 0 Å². The van der Waals surface area contributed by atoms with Gasteiger partial charge in [0.05, 0.1) is 19.7 Å². The third-order valence-corrected chi connectivity index (χ3v) is 3.26. The highest BCUT2D eigenvalue weighted by Gasteiger charge is 2.34. The lowest BCUT2D eigenvalue weighted by atomic mass is 9.97. The molecule has 1 aliphatic rings. The molecule has 0 fully saturated rings. The summed E-state index contributed by atoms with van der Waals surface area (Å²) in [6.07, 6.45) is -0.803. The first-order chi connectivity index (χ1) is 9.04. The van der Waals surface area contributed by atoms with E-state index in [0.717, 1.165) is 0 Å². The first-order valence-corrected chi connectivity index (χ1v) is 5.94. The van der Waals surface area contributed by atoms with Gasteiger partial charge in [0.2, 0.25) is 0 Å². The highest BCUT2D eigenvalue weighted by molar-refractivity contribution is 5.69. The number of rotatable bonds is 4. The predicted molar refractivity (Wildman–Crippen MR) is 67.5 cm³/mol. The number of carboxylic acid groups (broad SMARTS) is 1. The highest BCUT2D eigenvalue weighted by Crippen LogP contribution is 2.40. The van der Waals surface area contributed by atoms with Gasteiger partial charge < -0.3 is 19.7 Å². The Morgan fingerprint density at radius 3 is 2.95 bits per heavy atom. The van der Waals surface area contributed by atoms with Gasteiger partial charge in [-0.15, -0.1) is 0 Å². The third-order valence-electron chi connectivity index (χ3n) is 3.26. The molecule has 1 heterocycles. The summed E-state index contributed by atoms with van der Waals surface area (Å²) in [5, 5.41) is 19.1. The molecule has 2 atom stereocenters. The average Bonchev–Trinajstić information content (AvgIpc) is 2.37. The van der Waals surface area contributed by atoms with Gasteiger partial charge >= 0.3 is 5.97 Å². The zero-order chi connectivity index (χ0) is 14.0. The highest BCUT2D eigenvalue weighted by atomic mass is 16.5. The minimum Gasteiger partial charge on any atom is -0.493 e. The Morgan fingerprint density at radius 2 is 2.32 bits per heavy atom. The van der Waals surface area contributed by atoms with Gasteiger partial charge in [-0.2, -0.15) is 0 Å². The molecule has 19 heavy (non-hydrogen) atoms. The van der Waals surface area contributed by atoms with Crippen LogP contribution in [0.5, 0.6) is 11.5 Å². The van der Waals surface area contributed by atoms with Crippen LogP contribution in [0.25, 0.3) is 0 Å². The van der Waals surface area contributed by atoms with E-state index >= 15 is 0 Å². The second kappa shape index (κ2) is 5.46. The Labute approximate surface area is 111 Å². The van der Waals surface area contributed by atoms with Crippen LogP contribution in [-0.4, -0.2) is 54.4 Å². The number of aliphatic hydroxyl groups is 1. The minimum absolute atomic E-state index is 0.148. The molecule has 6 heteroatoms. The number of nitrogens with zero attached hydrogens (tertiary/aromatic N) is 1. The van der Waals surface area contributed by atoms with Crippen molar-refractivity contribution >= 4 is 5.97 Å². The lowest BCUT2D eigenvalue weighted by molar-refractivity contribution is -0.139. The summed E-state index contributed by atoms with van der Waals surface area (Å²) < 4.78 is 10.8. The van der Waals surface area contributed by atoms with Crippen molar-refractivity contribution < 1.29 is 24.5 Å². The number of carbonyl (C=O) groups is 1. The molecule has 2 unspecified atom stereocenters. The molecule has 6 nitrogen and oxygen atoms in total. The van der Waals surface area contributed by atoms with E-state index in [0.29, 0.717) is 17.1 Å². The zero-order valence-corrected chi connectivity index (χ0v) is 10.9. The molecular weight excluding hydrogens is 250 g/mol. The van der Waals surface area contributed by atoms with Crippen LogP contribution in [0.3, 0.4) is 0 Å². The summed E-state index contributed by atoms with van der Waals surface area (Å²) in [5.41, 5.74) is 0.618. The molecule has 2 N–H and O–H groups in total. The monoisotopic (exact) mass is 267 g/mol. The van der Waals surface area contributed by atoms with Gasteiger partial charge in [0.25, 0.3) is 0 Å². The molecule has 0 saturated heterocycles. The Balaban J connectivity index is 2.24. The maximum Gasteiger partial charge on any atom is 0.317 e. The van der Waals surface area contributed by atoms with Crippen LogP contribution in [0.2, 0.25) is 0 Å². The fourth-order valence-electron chi connectivity index (χ4n) is 2.25. The van der Waals surface area contributed by atoms with Crippen molar-refractivity contribution in [3.8, 4) is 11.5 Å². The molecule has 2 rings (SSSR count). The maximum absolute atomic E-state index is 10.7. The fraction of sp³-hybridized carbons (Fsp3) is 0.462. The van der Waals surface area contributed by atoms with Crippen LogP contribution >= 0.6 is 0 Å². The van der Waals surface area contributed by atoms with E-state index in [1.165, 1.54) is 7.11 Å². The van der Waals surface area contributed by atoms with Crippen LogP contribution in [0.1, 0.15) is 11.7 Å². The van der Waals surface area contributed by atoms with Crippen LogP contribution in [0, 0.1) is 0 Å². The largest absolute Gasteiger partial charge is 0.493 e. The van der Waals surface area contributed by atoms with Gasteiger partial charge in [-0.3, -0.25) is 9.69 Å². The van der Waals surface area contributed by atoms with Crippen molar-refractivity contribution in [1.82, 2.24) is 4.90 Å². The Morgan fingerprint density at radius 1 is 1.58 bits per heavy atom. The van der Waals surface area contributed by atoms with Crippen molar-refractivity contribution in [3.63, 3.8) is 0 Å². The summed E-state index contributed by atoms with van der Waals surface area (Å²) in [7, 11) is 3.19. The predicted octanol–water partition coefficient (Wildman–Crippen LogP) is 0.506. The lowest BCUT2D eigenvalue weighted by Crippen LogP contribution is -2.45. The number of ether oxygens (including phenoxy) is 2. The number of carboxylic acids is 1. The van der Waals surface area contributed by atoms with E-state index < -0.39 is 18.1 Å². The average molecular weight is 267 g/mol. The number of para-hydroxylation sites is 1. The molecule has 0 amide bonds. The number of aliphatic carboxylic acids is 1. The number of hydrogen-bond donors (Lipinski definition) is 2. The van der Waals surface area contributed by atoms with Crippen LogP contribution < -0.4 is 9.47 Å². The van der Waals surface area contributed by atoms with E-state index in [1.54, 1.807) is 30.1 Å². The van der Waals surface area contributed by atoms with Crippen LogP contribution in [0.4, 0.5) is 0 Å².